The van der Waals surface area contributed by atoms with Gasteiger partial charge in [0.1, 0.15) is 0 Å². The molecular weight excluding hydrogens is 268 g/mol. The number of aromatic nitrogens is 1. The summed E-state index contributed by atoms with van der Waals surface area (Å²) in [6.07, 6.45) is 2.67. The van der Waals surface area contributed by atoms with Crippen LogP contribution in [0.1, 0.15) is 12.0 Å². The molecule has 0 aliphatic carbocycles. The molecule has 0 unspecified atom stereocenters. The highest BCUT2D eigenvalue weighted by atomic mass is 16.5. The number of hydrogen-bond donors (Lipinski definition) is 1. The summed E-state index contributed by atoms with van der Waals surface area (Å²) >= 11 is 0. The molecule has 5 heteroatoms. The smallest absolute Gasteiger partial charge is 0.250 e. The largest absolute Gasteiger partial charge is 0.490 e. The Hall–Kier alpha value is -2.43. The minimum Gasteiger partial charge on any atom is -0.490 e. The van der Waals surface area contributed by atoms with E-state index < -0.39 is 0 Å². The first-order chi connectivity index (χ1) is 10.2. The van der Waals surface area contributed by atoms with Crippen molar-refractivity contribution in [1.29, 1.82) is 0 Å². The number of ether oxygens (including phenoxy) is 2. The zero-order valence-corrected chi connectivity index (χ0v) is 12.0. The Morgan fingerprint density at radius 2 is 2.05 bits per heavy atom. The fourth-order valence-corrected chi connectivity index (χ4v) is 2.29. The Kier molecular flexibility index (Phi) is 3.81. The third-order valence-electron chi connectivity index (χ3n) is 3.42. The normalized spacial score (nSPS) is 13.6. The Labute approximate surface area is 123 Å². The molecule has 0 saturated carbocycles. The van der Waals surface area contributed by atoms with Crippen LogP contribution in [0.4, 0.5) is 5.69 Å². The van der Waals surface area contributed by atoms with Crippen LogP contribution in [0.2, 0.25) is 0 Å². The molecular formula is C16H18N2O3. The Balaban J connectivity index is 1.79. The predicted octanol–water partition coefficient (Wildman–Crippen LogP) is 2.16. The fourth-order valence-electron chi connectivity index (χ4n) is 2.29. The van der Waals surface area contributed by atoms with Crippen molar-refractivity contribution < 1.29 is 9.47 Å². The zero-order chi connectivity index (χ0) is 14.7. The van der Waals surface area contributed by atoms with E-state index >= 15 is 0 Å². The summed E-state index contributed by atoms with van der Waals surface area (Å²) in [6, 6.07) is 9.23. The van der Waals surface area contributed by atoms with Gasteiger partial charge in [-0.25, -0.2) is 0 Å². The lowest BCUT2D eigenvalue weighted by molar-refractivity contribution is 0.296. The average Bonchev–Trinajstić information content (AvgIpc) is 2.74. The van der Waals surface area contributed by atoms with Gasteiger partial charge in [-0.15, -0.1) is 0 Å². The number of nitrogens with one attached hydrogen (secondary N) is 1. The van der Waals surface area contributed by atoms with Crippen molar-refractivity contribution in [3.8, 4) is 11.5 Å². The maximum absolute atomic E-state index is 11.4. The lowest BCUT2D eigenvalue weighted by atomic mass is 10.2. The minimum absolute atomic E-state index is 0.0224. The second-order valence-corrected chi connectivity index (χ2v) is 5.02. The van der Waals surface area contributed by atoms with E-state index in [2.05, 4.69) is 5.32 Å². The van der Waals surface area contributed by atoms with Gasteiger partial charge in [0.05, 0.1) is 18.9 Å². The lowest BCUT2D eigenvalue weighted by Crippen LogP contribution is -2.15. The molecule has 0 radical (unpaired) electrons. The summed E-state index contributed by atoms with van der Waals surface area (Å²) in [7, 11) is 1.74. The standard InChI is InChI=1S/C16H18N2O3/c1-18-11-13(6-7-15(18)19)17-10-12-4-2-5-14-16(12)21-9-3-8-20-14/h2,4-7,11,17H,3,8-10H2,1H3. The fraction of sp³-hybridized carbons (Fsp3) is 0.312. The van der Waals surface area contributed by atoms with E-state index in [1.54, 1.807) is 29.9 Å². The van der Waals surface area contributed by atoms with Crippen LogP contribution in [0.3, 0.4) is 0 Å². The zero-order valence-electron chi connectivity index (χ0n) is 12.0. The van der Waals surface area contributed by atoms with Gasteiger partial charge < -0.3 is 19.4 Å². The van der Waals surface area contributed by atoms with Gasteiger partial charge in [-0.3, -0.25) is 4.79 Å². The topological polar surface area (TPSA) is 52.5 Å². The van der Waals surface area contributed by atoms with Crippen molar-refractivity contribution in [1.82, 2.24) is 4.57 Å². The monoisotopic (exact) mass is 286 g/mol. The van der Waals surface area contributed by atoms with Crippen LogP contribution in [0, 0.1) is 0 Å². The molecule has 0 amide bonds. The van der Waals surface area contributed by atoms with E-state index in [9.17, 15) is 4.79 Å². The number of rotatable bonds is 3. The van der Waals surface area contributed by atoms with E-state index in [0.717, 1.165) is 29.2 Å². The molecule has 0 fully saturated rings. The minimum atomic E-state index is -0.0224. The van der Waals surface area contributed by atoms with Gasteiger partial charge in [-0.05, 0) is 12.1 Å². The van der Waals surface area contributed by atoms with Crippen LogP contribution in [-0.2, 0) is 13.6 Å². The van der Waals surface area contributed by atoms with Crippen LogP contribution in [0.25, 0.3) is 0 Å². The van der Waals surface area contributed by atoms with Crippen molar-refractivity contribution >= 4 is 5.69 Å². The van der Waals surface area contributed by atoms with Gasteiger partial charge in [0.15, 0.2) is 11.5 Å². The van der Waals surface area contributed by atoms with Crippen LogP contribution in [0.15, 0.2) is 41.3 Å². The first-order valence-corrected chi connectivity index (χ1v) is 7.02. The molecule has 0 atom stereocenters. The molecule has 21 heavy (non-hydrogen) atoms. The Morgan fingerprint density at radius 3 is 2.90 bits per heavy atom. The second-order valence-electron chi connectivity index (χ2n) is 5.02. The SMILES string of the molecule is Cn1cc(NCc2cccc3c2OCCCO3)ccc1=O. The second kappa shape index (κ2) is 5.91. The number of nitrogens with zero attached hydrogens (tertiary/aromatic N) is 1. The first-order valence-electron chi connectivity index (χ1n) is 7.02. The van der Waals surface area contributed by atoms with Crippen LogP contribution < -0.4 is 20.3 Å². The van der Waals surface area contributed by atoms with Crippen molar-refractivity contribution in [2.75, 3.05) is 18.5 Å². The van der Waals surface area contributed by atoms with E-state index in [4.69, 9.17) is 9.47 Å². The molecule has 1 aromatic carbocycles. The summed E-state index contributed by atoms with van der Waals surface area (Å²) < 4.78 is 13.0. The maximum atomic E-state index is 11.4. The third-order valence-corrected chi connectivity index (χ3v) is 3.42. The third kappa shape index (κ3) is 3.02. The number of para-hydroxylation sites is 1. The van der Waals surface area contributed by atoms with Crippen LogP contribution >= 0.6 is 0 Å². The quantitative estimate of drug-likeness (QED) is 0.939. The molecule has 5 nitrogen and oxygen atoms in total. The Morgan fingerprint density at radius 1 is 1.19 bits per heavy atom. The van der Waals surface area contributed by atoms with Gasteiger partial charge >= 0.3 is 0 Å². The van der Waals surface area contributed by atoms with Crippen LogP contribution in [-0.4, -0.2) is 17.8 Å². The summed E-state index contributed by atoms with van der Waals surface area (Å²) in [5.74, 6) is 1.61. The van der Waals surface area contributed by atoms with E-state index in [0.29, 0.717) is 19.8 Å². The molecule has 1 aliphatic rings. The van der Waals surface area contributed by atoms with Crippen molar-refractivity contribution in [2.24, 2.45) is 7.05 Å². The molecule has 2 aromatic rings. The number of pyridine rings is 1. The lowest BCUT2D eigenvalue weighted by Gasteiger charge is -2.14. The van der Waals surface area contributed by atoms with Crippen molar-refractivity contribution in [3.05, 3.63) is 52.4 Å². The van der Waals surface area contributed by atoms with Gasteiger partial charge in [-0.1, -0.05) is 12.1 Å². The first kappa shape index (κ1) is 13.5. The molecule has 1 aliphatic heterocycles. The van der Waals surface area contributed by atoms with E-state index in [1.807, 2.05) is 18.2 Å². The van der Waals surface area contributed by atoms with Gasteiger partial charge in [0.2, 0.25) is 5.56 Å². The highest BCUT2D eigenvalue weighted by Crippen LogP contribution is 2.33. The van der Waals surface area contributed by atoms with Crippen molar-refractivity contribution in [3.63, 3.8) is 0 Å². The number of fused-ring (bicyclic) bond motifs is 1. The maximum Gasteiger partial charge on any atom is 0.250 e. The molecule has 1 aromatic heterocycles. The van der Waals surface area contributed by atoms with Gasteiger partial charge in [-0.2, -0.15) is 0 Å². The summed E-state index contributed by atoms with van der Waals surface area (Å²) in [5, 5.41) is 3.30. The van der Waals surface area contributed by atoms with Gasteiger partial charge in [0.25, 0.3) is 0 Å². The highest BCUT2D eigenvalue weighted by molar-refractivity contribution is 5.49. The number of anilines is 1. The molecule has 110 valence electrons. The predicted molar refractivity (Wildman–Crippen MR) is 81.1 cm³/mol. The number of aryl methyl sites for hydroxylation is 1. The summed E-state index contributed by atoms with van der Waals surface area (Å²) in [4.78, 5) is 11.4. The summed E-state index contributed by atoms with van der Waals surface area (Å²) in [6.45, 7) is 1.97. The molecule has 0 bridgehead atoms. The summed E-state index contributed by atoms with van der Waals surface area (Å²) in [5.41, 5.74) is 1.92. The molecule has 0 spiro atoms. The number of benzene rings is 1. The molecule has 2 heterocycles. The van der Waals surface area contributed by atoms with Crippen LogP contribution in [0.5, 0.6) is 11.5 Å². The highest BCUT2D eigenvalue weighted by Gasteiger charge is 2.14. The van der Waals surface area contributed by atoms with E-state index in [1.165, 1.54) is 0 Å². The van der Waals surface area contributed by atoms with Crippen molar-refractivity contribution in [2.45, 2.75) is 13.0 Å². The molecule has 3 rings (SSSR count). The average molecular weight is 286 g/mol. The Bertz CT molecular complexity index is 694. The number of hydrogen-bond acceptors (Lipinski definition) is 4. The van der Waals surface area contributed by atoms with E-state index in [-0.39, 0.29) is 5.56 Å². The van der Waals surface area contributed by atoms with Gasteiger partial charge in [0, 0.05) is 37.8 Å². The molecule has 0 saturated heterocycles. The molecule has 1 N–H and O–H groups in total.